The second-order valence-electron chi connectivity index (χ2n) is 16.2. The van der Waals surface area contributed by atoms with Gasteiger partial charge in [-0.15, -0.1) is 0 Å². The van der Waals surface area contributed by atoms with Crippen molar-refractivity contribution in [3.05, 3.63) is 137 Å². The van der Waals surface area contributed by atoms with E-state index in [9.17, 15) is 5.11 Å². The molecule has 1 fully saturated rings. The number of pyridine rings is 1. The van der Waals surface area contributed by atoms with Crippen molar-refractivity contribution < 1.29 is 5.11 Å². The van der Waals surface area contributed by atoms with Gasteiger partial charge >= 0.3 is 0 Å². The van der Waals surface area contributed by atoms with Crippen molar-refractivity contribution in [1.82, 2.24) is 19.8 Å². The SMILES string of the molecule is C=C/C(=C\N(C)C)c1cccc(-c2c#cc(C3=CC(C)(/C(=C\N(C)C(C)C)c4cccc(-c5nc(C)c(/C(C=NC)=C/C)cc5C)c4)N=C3)c(N3CCC[C@H]3CO)n2)c1. The summed E-state index contributed by atoms with van der Waals surface area (Å²) in [5.74, 6) is 0.786. The van der Waals surface area contributed by atoms with E-state index < -0.39 is 5.54 Å². The normalized spacial score (nSPS) is 18.5. The molecule has 0 saturated carbocycles. The summed E-state index contributed by atoms with van der Waals surface area (Å²) in [6.07, 6.45) is 16.2. The fraction of sp³-hybridized carbons (Fsp3) is 0.333. The van der Waals surface area contributed by atoms with Crippen molar-refractivity contribution in [1.29, 1.82) is 0 Å². The van der Waals surface area contributed by atoms with Crippen molar-refractivity contribution in [2.24, 2.45) is 9.98 Å². The van der Waals surface area contributed by atoms with E-state index in [1.165, 1.54) is 0 Å². The van der Waals surface area contributed by atoms with Gasteiger partial charge in [-0.2, -0.15) is 0 Å². The van der Waals surface area contributed by atoms with Crippen LogP contribution in [0.15, 0.2) is 102 Å². The van der Waals surface area contributed by atoms with Crippen LogP contribution in [-0.2, 0) is 0 Å². The topological polar surface area (TPSA) is 80.5 Å². The molecule has 0 aliphatic carbocycles. The highest BCUT2D eigenvalue weighted by Gasteiger charge is 2.34. The van der Waals surface area contributed by atoms with Gasteiger partial charge in [-0.1, -0.05) is 61.2 Å². The number of aliphatic hydroxyl groups is 1. The lowest BCUT2D eigenvalue weighted by atomic mass is 9.85. The van der Waals surface area contributed by atoms with Crippen LogP contribution in [0.25, 0.3) is 44.8 Å². The van der Waals surface area contributed by atoms with Crippen molar-refractivity contribution in [3.63, 3.8) is 0 Å². The fourth-order valence-corrected chi connectivity index (χ4v) is 7.86. The molecule has 2 aromatic carbocycles. The van der Waals surface area contributed by atoms with Crippen molar-refractivity contribution in [3.8, 4) is 22.5 Å². The van der Waals surface area contributed by atoms with E-state index in [0.29, 0.717) is 5.69 Å². The van der Waals surface area contributed by atoms with Crippen LogP contribution in [0.2, 0.25) is 0 Å². The van der Waals surface area contributed by atoms with Gasteiger partial charge in [0.15, 0.2) is 0 Å². The van der Waals surface area contributed by atoms with E-state index in [0.717, 1.165) is 97.8 Å². The Morgan fingerprint density at radius 1 is 1.02 bits per heavy atom. The molecule has 0 amide bonds. The fourth-order valence-electron chi connectivity index (χ4n) is 7.86. The van der Waals surface area contributed by atoms with Gasteiger partial charge in [0.1, 0.15) is 17.1 Å². The number of anilines is 1. The zero-order chi connectivity index (χ0) is 42.4. The molecule has 8 heteroatoms. The number of aryl methyl sites for hydroxylation is 2. The Morgan fingerprint density at radius 3 is 2.42 bits per heavy atom. The minimum absolute atomic E-state index is 0.0334. The van der Waals surface area contributed by atoms with Gasteiger partial charge < -0.3 is 19.8 Å². The molecule has 8 nitrogen and oxygen atoms in total. The van der Waals surface area contributed by atoms with Crippen LogP contribution >= 0.6 is 0 Å². The minimum atomic E-state index is -0.709. The van der Waals surface area contributed by atoms with E-state index in [1.54, 1.807) is 7.05 Å². The predicted octanol–water partition coefficient (Wildman–Crippen LogP) is 9.79. The quantitative estimate of drug-likeness (QED) is 0.101. The Kier molecular flexibility index (Phi) is 13.2. The molecule has 1 unspecified atom stereocenters. The lowest BCUT2D eigenvalue weighted by Gasteiger charge is -2.28. The number of nitrogens with zero attached hydrogens (tertiary/aromatic N) is 7. The zero-order valence-corrected chi connectivity index (χ0v) is 36.5. The monoisotopic (exact) mass is 785 g/mol. The summed E-state index contributed by atoms with van der Waals surface area (Å²) in [5.41, 5.74) is 13.1. The molecule has 2 aliphatic rings. The first-order chi connectivity index (χ1) is 28.3. The molecule has 1 N–H and O–H groups in total. The number of aliphatic imine (C=N–C) groups is 2. The van der Waals surface area contributed by atoms with E-state index in [2.05, 4.69) is 148 Å². The summed E-state index contributed by atoms with van der Waals surface area (Å²) in [6, 6.07) is 26.4. The van der Waals surface area contributed by atoms with E-state index >= 15 is 0 Å². The molecular weight excluding hydrogens is 727 g/mol. The zero-order valence-electron chi connectivity index (χ0n) is 36.5. The van der Waals surface area contributed by atoms with Crippen LogP contribution in [-0.4, -0.2) is 96.3 Å². The third kappa shape index (κ3) is 9.16. The maximum absolute atomic E-state index is 10.5. The standard InChI is InChI=1S/C51H59N7O/c1-12-37(29-52-8)46-25-35(5)49(54-36(46)6)42-20-15-18-40(27-42)47(32-57(11)34(3)4)51(7)28-43(30-53-51)45-22-23-48(55-50(45)58-24-16-21-44(58)33-59)41-19-14-17-39(26-41)38(13-2)31-56(9)10/h12-15,17-20,25-32,34,44,59H,2,16,21,24,33H2,1,3-11H3/b37-12+,38-31+,47-32-,52-29?/t44-,51?/m0/s1. The molecule has 0 radical (unpaired) electrons. The number of rotatable bonds is 14. The molecule has 0 bridgehead atoms. The van der Waals surface area contributed by atoms with E-state index in [4.69, 9.17) is 15.0 Å². The molecule has 4 aromatic rings. The molecule has 6 rings (SSSR count). The third-order valence-electron chi connectivity index (χ3n) is 11.3. The molecule has 2 atom stereocenters. The number of aliphatic hydroxyl groups excluding tert-OH is 1. The Hall–Kier alpha value is -6.04. The molecule has 2 aromatic heterocycles. The Morgan fingerprint density at radius 2 is 1.75 bits per heavy atom. The number of hydrogen-bond acceptors (Lipinski definition) is 8. The summed E-state index contributed by atoms with van der Waals surface area (Å²) in [4.78, 5) is 26.5. The van der Waals surface area contributed by atoms with Gasteiger partial charge in [0, 0.05) is 99.1 Å². The lowest BCUT2D eigenvalue weighted by molar-refractivity contribution is 0.266. The van der Waals surface area contributed by atoms with Gasteiger partial charge in [-0.3, -0.25) is 15.0 Å². The average molecular weight is 786 g/mol. The Bertz CT molecular complexity index is 2380. The first kappa shape index (κ1) is 42.6. The first-order valence-electron chi connectivity index (χ1n) is 20.5. The molecular formula is C51H59N7O. The second kappa shape index (κ2) is 18.3. The number of aromatic nitrogens is 2. The number of hydrogen-bond donors (Lipinski definition) is 1. The number of benzene rings is 2. The van der Waals surface area contributed by atoms with Crippen LogP contribution in [0.5, 0.6) is 0 Å². The minimum Gasteiger partial charge on any atom is -0.394 e. The van der Waals surface area contributed by atoms with E-state index in [1.807, 2.05) is 50.5 Å². The van der Waals surface area contributed by atoms with E-state index in [-0.39, 0.29) is 18.7 Å². The highest BCUT2D eigenvalue weighted by atomic mass is 16.3. The summed E-state index contributed by atoms with van der Waals surface area (Å²) >= 11 is 0. The van der Waals surface area contributed by atoms with Gasteiger partial charge in [0.25, 0.3) is 0 Å². The molecule has 1 saturated heterocycles. The Labute approximate surface area is 352 Å². The maximum Gasteiger partial charge on any atom is 0.146 e. The van der Waals surface area contributed by atoms with Crippen LogP contribution in [0, 0.1) is 26.0 Å². The van der Waals surface area contributed by atoms with Crippen LogP contribution < -0.4 is 4.90 Å². The number of allylic oxidation sites excluding steroid dienone is 5. The summed E-state index contributed by atoms with van der Waals surface area (Å²) in [6.45, 7) is 17.7. The molecule has 0 spiro atoms. The Balaban J connectivity index is 1.44. The summed E-state index contributed by atoms with van der Waals surface area (Å²) < 4.78 is 0. The van der Waals surface area contributed by atoms with Crippen LogP contribution in [0.3, 0.4) is 0 Å². The third-order valence-corrected chi connectivity index (χ3v) is 11.3. The van der Waals surface area contributed by atoms with Crippen LogP contribution in [0.4, 0.5) is 5.82 Å². The van der Waals surface area contributed by atoms with Crippen molar-refractivity contribution >= 4 is 40.5 Å². The van der Waals surface area contributed by atoms with Crippen LogP contribution in [0.1, 0.15) is 74.0 Å². The lowest BCUT2D eigenvalue weighted by Crippen LogP contribution is -2.33. The molecule has 2 aliphatic heterocycles. The van der Waals surface area contributed by atoms with Gasteiger partial charge in [0.2, 0.25) is 0 Å². The van der Waals surface area contributed by atoms with Gasteiger partial charge in [-0.05, 0) is 113 Å². The average Bonchev–Trinajstić information content (AvgIpc) is 3.88. The van der Waals surface area contributed by atoms with Gasteiger partial charge in [-0.25, -0.2) is 4.98 Å². The first-order valence-corrected chi connectivity index (χ1v) is 20.5. The van der Waals surface area contributed by atoms with Crippen molar-refractivity contribution in [2.45, 2.75) is 72.0 Å². The van der Waals surface area contributed by atoms with Gasteiger partial charge in [0.05, 0.1) is 23.9 Å². The predicted molar refractivity (Wildman–Crippen MR) is 250 cm³/mol. The maximum atomic E-state index is 10.5. The smallest absolute Gasteiger partial charge is 0.146 e. The summed E-state index contributed by atoms with van der Waals surface area (Å²) in [5, 5.41) is 10.5. The molecule has 4 heterocycles. The molecule has 59 heavy (non-hydrogen) atoms. The largest absolute Gasteiger partial charge is 0.394 e. The summed E-state index contributed by atoms with van der Waals surface area (Å²) in [7, 11) is 7.92. The highest BCUT2D eigenvalue weighted by molar-refractivity contribution is 6.15. The highest BCUT2D eigenvalue weighted by Crippen LogP contribution is 2.41. The second-order valence-corrected chi connectivity index (χ2v) is 16.2. The van der Waals surface area contributed by atoms with Crippen molar-refractivity contribution in [2.75, 3.05) is 46.2 Å². The molecule has 304 valence electrons.